The first-order valence-electron chi connectivity index (χ1n) is 12.1. The largest absolute Gasteiger partial charge is 0.378 e. The zero-order chi connectivity index (χ0) is 23.9. The molecule has 2 aromatic heterocycles. The van der Waals surface area contributed by atoms with Crippen LogP contribution >= 0.6 is 0 Å². The summed E-state index contributed by atoms with van der Waals surface area (Å²) in [6.07, 6.45) is 4.35. The highest BCUT2D eigenvalue weighted by molar-refractivity contribution is 5.85. The van der Waals surface area contributed by atoms with Gasteiger partial charge in [0.25, 0.3) is 0 Å². The zero-order valence-electron chi connectivity index (χ0n) is 21.5. The molecule has 3 aromatic rings. The van der Waals surface area contributed by atoms with Gasteiger partial charge in [0.05, 0.1) is 43.2 Å². The van der Waals surface area contributed by atoms with E-state index in [1.807, 2.05) is 0 Å². The van der Waals surface area contributed by atoms with Crippen LogP contribution in [0.15, 0.2) is 18.3 Å². The van der Waals surface area contributed by atoms with Crippen molar-refractivity contribution in [3.8, 4) is 11.1 Å². The van der Waals surface area contributed by atoms with Crippen molar-refractivity contribution in [3.63, 3.8) is 0 Å². The molecule has 1 aliphatic rings. The van der Waals surface area contributed by atoms with Crippen LogP contribution in [0.4, 0.5) is 5.82 Å². The van der Waals surface area contributed by atoms with Crippen molar-refractivity contribution in [2.75, 3.05) is 33.9 Å². The second-order valence-electron chi connectivity index (χ2n) is 10.1. The third kappa shape index (κ3) is 4.20. The highest BCUT2D eigenvalue weighted by Crippen LogP contribution is 2.40. The van der Waals surface area contributed by atoms with E-state index in [2.05, 4.69) is 71.4 Å². The van der Waals surface area contributed by atoms with Gasteiger partial charge in [0.1, 0.15) is 12.6 Å². The Morgan fingerprint density at radius 1 is 1.12 bits per heavy atom. The standard InChI is InChI=1S/C27H39N4O2/c1-17(2)33-12-11-31(7)23(16-32-8)10-9-22-15-28-26-25(21(6)29-30(26)27(22)31)24-19(4)13-18(3)14-20(24)5/h13-15,17,23H,9-12,16H2,1-8H3/q+1. The monoisotopic (exact) mass is 451 g/mol. The Hall–Kier alpha value is -2.28. The highest BCUT2D eigenvalue weighted by atomic mass is 16.5. The van der Waals surface area contributed by atoms with Gasteiger partial charge in [0.2, 0.25) is 5.82 Å². The summed E-state index contributed by atoms with van der Waals surface area (Å²) in [4.78, 5) is 4.97. The van der Waals surface area contributed by atoms with E-state index in [-0.39, 0.29) is 6.10 Å². The van der Waals surface area contributed by atoms with E-state index < -0.39 is 0 Å². The summed E-state index contributed by atoms with van der Waals surface area (Å²) in [5.74, 6) is 1.22. The third-order valence-electron chi connectivity index (χ3n) is 7.20. The van der Waals surface area contributed by atoms with Crippen LogP contribution in [-0.2, 0) is 15.9 Å². The predicted octanol–water partition coefficient (Wildman–Crippen LogP) is 4.95. The van der Waals surface area contributed by atoms with Crippen LogP contribution in [0.25, 0.3) is 16.8 Å². The Kier molecular flexibility index (Phi) is 6.63. The van der Waals surface area contributed by atoms with E-state index in [4.69, 9.17) is 19.6 Å². The first-order chi connectivity index (χ1) is 15.7. The molecule has 6 heteroatoms. The first kappa shape index (κ1) is 23.9. The van der Waals surface area contributed by atoms with Crippen LogP contribution in [0.3, 0.4) is 0 Å². The fourth-order valence-corrected chi connectivity index (χ4v) is 5.69. The molecule has 178 valence electrons. The number of hydrogen-bond donors (Lipinski definition) is 0. The Balaban J connectivity index is 1.93. The summed E-state index contributed by atoms with van der Waals surface area (Å²) in [7, 11) is 4.11. The molecular formula is C27H39N4O2+. The maximum absolute atomic E-state index is 6.00. The molecule has 1 aliphatic heterocycles. The van der Waals surface area contributed by atoms with Crippen LogP contribution < -0.4 is 4.48 Å². The van der Waals surface area contributed by atoms with E-state index in [1.54, 1.807) is 7.11 Å². The lowest BCUT2D eigenvalue weighted by Crippen LogP contribution is -2.60. The second kappa shape index (κ2) is 9.16. The molecule has 0 spiro atoms. The minimum absolute atomic E-state index is 0.213. The molecule has 1 aromatic carbocycles. The van der Waals surface area contributed by atoms with Gasteiger partial charge >= 0.3 is 0 Å². The van der Waals surface area contributed by atoms with Crippen LogP contribution in [0.2, 0.25) is 0 Å². The second-order valence-corrected chi connectivity index (χ2v) is 10.1. The van der Waals surface area contributed by atoms with Gasteiger partial charge in [0.15, 0.2) is 5.65 Å². The topological polar surface area (TPSA) is 48.7 Å². The summed E-state index contributed by atoms with van der Waals surface area (Å²) in [6.45, 7) is 15.1. The number of fused-ring (bicyclic) bond motifs is 3. The first-order valence-corrected chi connectivity index (χ1v) is 12.1. The molecule has 4 rings (SSSR count). The Labute approximate surface area is 198 Å². The maximum Gasteiger partial charge on any atom is 0.235 e. The van der Waals surface area contributed by atoms with Crippen molar-refractivity contribution in [1.82, 2.24) is 19.1 Å². The smallest absolute Gasteiger partial charge is 0.235 e. The molecule has 0 bridgehead atoms. The average Bonchev–Trinajstić information content (AvgIpc) is 3.05. The van der Waals surface area contributed by atoms with Gasteiger partial charge in [-0.05, 0) is 64.7 Å². The summed E-state index contributed by atoms with van der Waals surface area (Å²) in [6, 6.07) is 4.85. The summed E-state index contributed by atoms with van der Waals surface area (Å²) in [5, 5.41) is 5.10. The van der Waals surface area contributed by atoms with Gasteiger partial charge in [0, 0.05) is 19.7 Å². The number of aromatic nitrogens is 3. The lowest BCUT2D eigenvalue weighted by Gasteiger charge is -2.44. The van der Waals surface area contributed by atoms with Crippen LogP contribution in [0, 0.1) is 27.7 Å². The van der Waals surface area contributed by atoms with E-state index >= 15 is 0 Å². The normalized spacial score (nSPS) is 20.6. The zero-order valence-corrected chi connectivity index (χ0v) is 21.5. The van der Waals surface area contributed by atoms with Crippen molar-refractivity contribution in [3.05, 3.63) is 46.3 Å². The molecule has 2 atom stereocenters. The van der Waals surface area contributed by atoms with Crippen LogP contribution in [-0.4, -0.2) is 60.7 Å². The SMILES string of the molecule is COCC1CCc2cnc3c(-c4c(C)cc(C)cc4C)c(C)nn3c2[N+]1(C)CCOC(C)C. The molecule has 0 radical (unpaired) electrons. The van der Waals surface area contributed by atoms with Crippen molar-refractivity contribution >= 4 is 11.5 Å². The average molecular weight is 452 g/mol. The summed E-state index contributed by atoms with van der Waals surface area (Å²) >= 11 is 0. The fraction of sp³-hybridized carbons (Fsp3) is 0.556. The number of ether oxygens (including phenoxy) is 2. The van der Waals surface area contributed by atoms with Gasteiger partial charge in [-0.1, -0.05) is 17.7 Å². The molecular weight excluding hydrogens is 412 g/mol. The van der Waals surface area contributed by atoms with Crippen molar-refractivity contribution < 1.29 is 9.47 Å². The minimum atomic E-state index is 0.213. The van der Waals surface area contributed by atoms with Gasteiger partial charge < -0.3 is 9.47 Å². The molecule has 0 aliphatic carbocycles. The van der Waals surface area contributed by atoms with Crippen molar-refractivity contribution in [2.24, 2.45) is 0 Å². The molecule has 6 nitrogen and oxygen atoms in total. The Morgan fingerprint density at radius 3 is 2.45 bits per heavy atom. The molecule has 2 unspecified atom stereocenters. The van der Waals surface area contributed by atoms with E-state index in [0.29, 0.717) is 19.3 Å². The number of likely N-dealkylation sites (N-methyl/N-ethyl adjacent to an activating group) is 1. The minimum Gasteiger partial charge on any atom is -0.378 e. The summed E-state index contributed by atoms with van der Waals surface area (Å²) in [5.41, 5.74) is 9.44. The number of hydrogen-bond acceptors (Lipinski definition) is 4. The van der Waals surface area contributed by atoms with Gasteiger partial charge in [-0.3, -0.25) is 4.48 Å². The molecule has 0 saturated heterocycles. The number of rotatable bonds is 7. The maximum atomic E-state index is 6.00. The van der Waals surface area contributed by atoms with Crippen molar-refractivity contribution in [2.45, 2.75) is 66.5 Å². The highest BCUT2D eigenvalue weighted by Gasteiger charge is 2.43. The van der Waals surface area contributed by atoms with Crippen LogP contribution in [0.5, 0.6) is 0 Å². The fourth-order valence-electron chi connectivity index (χ4n) is 5.69. The number of nitrogens with zero attached hydrogens (tertiary/aromatic N) is 4. The summed E-state index contributed by atoms with van der Waals surface area (Å²) < 4.78 is 14.5. The lowest BCUT2D eigenvalue weighted by atomic mass is 9.93. The molecule has 0 fully saturated rings. The third-order valence-corrected chi connectivity index (χ3v) is 7.20. The Morgan fingerprint density at radius 2 is 1.82 bits per heavy atom. The van der Waals surface area contributed by atoms with E-state index in [0.717, 1.165) is 40.8 Å². The molecule has 0 saturated carbocycles. The van der Waals surface area contributed by atoms with Gasteiger partial charge in [-0.15, -0.1) is 0 Å². The Bertz CT molecular complexity index is 1140. The van der Waals surface area contributed by atoms with E-state index in [9.17, 15) is 0 Å². The molecule has 0 amide bonds. The predicted molar refractivity (Wildman–Crippen MR) is 135 cm³/mol. The molecule has 0 N–H and O–H groups in total. The van der Waals surface area contributed by atoms with E-state index in [1.165, 1.54) is 33.6 Å². The number of quaternary nitrogens is 1. The van der Waals surface area contributed by atoms with Gasteiger partial charge in [-0.25, -0.2) is 4.98 Å². The molecule has 33 heavy (non-hydrogen) atoms. The van der Waals surface area contributed by atoms with Gasteiger partial charge in [-0.2, -0.15) is 9.61 Å². The number of aryl methyl sites for hydroxylation is 5. The van der Waals surface area contributed by atoms with Crippen molar-refractivity contribution in [1.29, 1.82) is 0 Å². The van der Waals surface area contributed by atoms with Crippen LogP contribution in [0.1, 0.15) is 48.2 Å². The quantitative estimate of drug-likeness (QED) is 0.477. The number of methoxy groups -OCH3 is 1. The molecule has 3 heterocycles. The number of benzene rings is 1. The lowest BCUT2D eigenvalue weighted by molar-refractivity contribution is 0.0372.